The van der Waals surface area contributed by atoms with Gasteiger partial charge in [-0.3, -0.25) is 9.69 Å². The van der Waals surface area contributed by atoms with E-state index in [1.807, 2.05) is 6.07 Å². The van der Waals surface area contributed by atoms with Crippen LogP contribution >= 0.6 is 12.4 Å². The van der Waals surface area contributed by atoms with Gasteiger partial charge in [-0.1, -0.05) is 19.4 Å². The van der Waals surface area contributed by atoms with Crippen LogP contribution in [-0.2, 0) is 16.6 Å². The maximum Gasteiger partial charge on any atom is 0.177 e. The fraction of sp³-hybridized carbons (Fsp3) is 0.696. The van der Waals surface area contributed by atoms with Gasteiger partial charge in [-0.2, -0.15) is 0 Å². The molecule has 2 aliphatic heterocycles. The van der Waals surface area contributed by atoms with Crippen LogP contribution in [0.1, 0.15) is 50.2 Å². The largest absolute Gasteiger partial charge is 0.493 e. The molecule has 28 heavy (non-hydrogen) atoms. The molecule has 152 valence electrons. The maximum atomic E-state index is 13.2. The second-order valence-corrected chi connectivity index (χ2v) is 9.63. The lowest BCUT2D eigenvalue weighted by Crippen LogP contribution is -2.67. The van der Waals surface area contributed by atoms with Crippen molar-refractivity contribution in [1.29, 1.82) is 0 Å². The Labute approximate surface area is 173 Å². The van der Waals surface area contributed by atoms with E-state index in [1.54, 1.807) is 7.11 Å². The second-order valence-electron chi connectivity index (χ2n) is 9.63. The number of carbonyl (C=O) groups is 1. The summed E-state index contributed by atoms with van der Waals surface area (Å²) in [6.07, 6.45) is 7.07. The average Bonchev–Trinajstić information content (AvgIpc) is 2.97. The molecule has 2 heterocycles. The van der Waals surface area contributed by atoms with Gasteiger partial charge in [-0.15, -0.1) is 12.4 Å². The van der Waals surface area contributed by atoms with Gasteiger partial charge in [-0.05, 0) is 62.1 Å². The van der Waals surface area contributed by atoms with Crippen LogP contribution in [0.2, 0.25) is 0 Å². The van der Waals surface area contributed by atoms with E-state index >= 15 is 0 Å². The Morgan fingerprint density at radius 3 is 2.86 bits per heavy atom. The summed E-state index contributed by atoms with van der Waals surface area (Å²) in [5.74, 6) is 3.50. The SMILES string of the molecule is COc1ccc2c3c1OC1C(=O)[C@@H](C)C[C@H]4[C@@H](C2)N(CC2CCC2)CC[C@]314.Cl. The monoisotopic (exact) mass is 403 g/mol. The number of piperidine rings is 1. The van der Waals surface area contributed by atoms with Crippen molar-refractivity contribution in [3.05, 3.63) is 23.3 Å². The molecule has 0 aromatic heterocycles. The normalized spacial score (nSPS) is 38.1. The van der Waals surface area contributed by atoms with Gasteiger partial charge >= 0.3 is 0 Å². The molecule has 2 saturated carbocycles. The molecule has 0 radical (unpaired) electrons. The molecule has 1 aromatic carbocycles. The minimum Gasteiger partial charge on any atom is -0.493 e. The number of methoxy groups -OCH3 is 1. The molecule has 0 amide bonds. The quantitative estimate of drug-likeness (QED) is 0.770. The molecule has 4 nitrogen and oxygen atoms in total. The average molecular weight is 404 g/mol. The minimum absolute atomic E-state index is 0. The number of nitrogens with zero attached hydrogens (tertiary/aromatic N) is 1. The third-order valence-corrected chi connectivity index (χ3v) is 8.50. The van der Waals surface area contributed by atoms with Crippen LogP contribution in [0.4, 0.5) is 0 Å². The molecule has 1 spiro atoms. The fourth-order valence-electron chi connectivity index (χ4n) is 7.00. The highest BCUT2D eigenvalue weighted by Gasteiger charge is 2.67. The van der Waals surface area contributed by atoms with Crippen LogP contribution in [0.25, 0.3) is 0 Å². The zero-order valence-electron chi connectivity index (χ0n) is 16.8. The fourth-order valence-corrected chi connectivity index (χ4v) is 7.00. The Morgan fingerprint density at radius 2 is 2.14 bits per heavy atom. The van der Waals surface area contributed by atoms with Gasteiger partial charge in [-0.25, -0.2) is 0 Å². The van der Waals surface area contributed by atoms with Crippen molar-refractivity contribution in [2.24, 2.45) is 17.8 Å². The number of ketones is 1. The summed E-state index contributed by atoms with van der Waals surface area (Å²) in [5.41, 5.74) is 2.62. The number of halogens is 1. The molecule has 3 aliphatic carbocycles. The lowest BCUT2D eigenvalue weighted by atomic mass is 9.50. The predicted octanol–water partition coefficient (Wildman–Crippen LogP) is 3.77. The highest BCUT2D eigenvalue weighted by molar-refractivity contribution is 5.91. The van der Waals surface area contributed by atoms with E-state index in [1.165, 1.54) is 36.9 Å². The zero-order chi connectivity index (χ0) is 18.3. The van der Waals surface area contributed by atoms with Gasteiger partial charge in [0.1, 0.15) is 0 Å². The standard InChI is InChI=1S/C23H29NO3.ClH/c1-13-10-16-17-11-15-6-7-18(26-2)21-19(15)23(16,22(27-21)20(13)25)8-9-24(17)12-14-4-3-5-14;/h6-7,13-14,16-17,22H,3-5,8-12H2,1-2H3;1H/t13-,16-,17+,22?,23-;/m0./s1. The molecule has 2 bridgehead atoms. The van der Waals surface area contributed by atoms with Crippen molar-refractivity contribution in [2.45, 2.75) is 63.0 Å². The number of hydrogen-bond donors (Lipinski definition) is 0. The number of carbonyl (C=O) groups excluding carboxylic acids is 1. The van der Waals surface area contributed by atoms with Crippen LogP contribution in [-0.4, -0.2) is 43.0 Å². The molecule has 1 aromatic rings. The first-order valence-corrected chi connectivity index (χ1v) is 10.8. The number of likely N-dealkylation sites (tertiary alicyclic amines) is 1. The smallest absolute Gasteiger partial charge is 0.177 e. The highest BCUT2D eigenvalue weighted by Crippen LogP contribution is 2.64. The van der Waals surface area contributed by atoms with Crippen molar-refractivity contribution >= 4 is 18.2 Å². The van der Waals surface area contributed by atoms with Crippen LogP contribution in [0, 0.1) is 17.8 Å². The summed E-state index contributed by atoms with van der Waals surface area (Å²) in [5, 5.41) is 0. The van der Waals surface area contributed by atoms with Crippen LogP contribution < -0.4 is 9.47 Å². The van der Waals surface area contributed by atoms with Crippen molar-refractivity contribution in [3.63, 3.8) is 0 Å². The van der Waals surface area contributed by atoms with Gasteiger partial charge in [0, 0.05) is 29.5 Å². The molecule has 0 N–H and O–H groups in total. The second kappa shape index (κ2) is 6.37. The van der Waals surface area contributed by atoms with E-state index in [0.29, 0.717) is 17.7 Å². The van der Waals surface area contributed by atoms with Crippen LogP contribution in [0.5, 0.6) is 11.5 Å². The Balaban J connectivity index is 0.00000171. The molecule has 3 fully saturated rings. The third kappa shape index (κ3) is 2.19. The molecule has 5 heteroatoms. The summed E-state index contributed by atoms with van der Waals surface area (Å²) >= 11 is 0. The molecular formula is C23H30ClNO3. The van der Waals surface area contributed by atoms with E-state index < -0.39 is 0 Å². The molecule has 1 saturated heterocycles. The van der Waals surface area contributed by atoms with Gasteiger partial charge in [0.05, 0.1) is 7.11 Å². The van der Waals surface area contributed by atoms with Crippen molar-refractivity contribution in [2.75, 3.05) is 20.2 Å². The lowest BCUT2D eigenvalue weighted by Gasteiger charge is -2.59. The third-order valence-electron chi connectivity index (χ3n) is 8.50. The Morgan fingerprint density at radius 1 is 1.32 bits per heavy atom. The topological polar surface area (TPSA) is 38.8 Å². The predicted molar refractivity (Wildman–Crippen MR) is 110 cm³/mol. The molecule has 5 aliphatic rings. The van der Waals surface area contributed by atoms with Crippen molar-refractivity contribution in [1.82, 2.24) is 4.90 Å². The minimum atomic E-state index is -0.301. The Bertz CT molecular complexity index is 822. The van der Waals surface area contributed by atoms with Crippen LogP contribution in [0.15, 0.2) is 12.1 Å². The molecule has 6 rings (SSSR count). The molecule has 1 unspecified atom stereocenters. The number of Topliss-reactive ketones (excluding diaryl/α,β-unsaturated/α-hetero) is 1. The Hall–Kier alpha value is -1.26. The van der Waals surface area contributed by atoms with Gasteiger partial charge in [0.25, 0.3) is 0 Å². The number of hydrogen-bond acceptors (Lipinski definition) is 4. The van der Waals surface area contributed by atoms with Gasteiger partial charge < -0.3 is 9.47 Å². The lowest BCUT2D eigenvalue weighted by molar-refractivity contribution is -0.145. The summed E-state index contributed by atoms with van der Waals surface area (Å²) in [6.45, 7) is 4.47. The highest BCUT2D eigenvalue weighted by atomic mass is 35.5. The first-order valence-electron chi connectivity index (χ1n) is 10.8. The van der Waals surface area contributed by atoms with E-state index in [2.05, 4.69) is 17.9 Å². The summed E-state index contributed by atoms with van der Waals surface area (Å²) in [7, 11) is 1.70. The zero-order valence-corrected chi connectivity index (χ0v) is 17.6. The molecular weight excluding hydrogens is 374 g/mol. The Kier molecular flexibility index (Phi) is 4.26. The number of ether oxygens (including phenoxy) is 2. The molecule has 5 atom stereocenters. The first kappa shape index (κ1) is 18.7. The van der Waals surface area contributed by atoms with E-state index in [4.69, 9.17) is 9.47 Å². The van der Waals surface area contributed by atoms with Crippen molar-refractivity contribution < 1.29 is 14.3 Å². The summed E-state index contributed by atoms with van der Waals surface area (Å²) in [4.78, 5) is 16.0. The van der Waals surface area contributed by atoms with Crippen LogP contribution in [0.3, 0.4) is 0 Å². The number of rotatable bonds is 3. The first-order chi connectivity index (χ1) is 13.1. The van der Waals surface area contributed by atoms with E-state index in [9.17, 15) is 4.79 Å². The van der Waals surface area contributed by atoms with E-state index in [-0.39, 0.29) is 29.8 Å². The maximum absolute atomic E-state index is 13.2. The summed E-state index contributed by atoms with van der Waals surface area (Å²) in [6, 6.07) is 4.85. The van der Waals surface area contributed by atoms with Gasteiger partial charge in [0.2, 0.25) is 0 Å². The van der Waals surface area contributed by atoms with E-state index in [0.717, 1.165) is 43.2 Å². The number of benzene rings is 1. The van der Waals surface area contributed by atoms with Crippen molar-refractivity contribution in [3.8, 4) is 11.5 Å². The summed E-state index contributed by atoms with van der Waals surface area (Å²) < 4.78 is 12.1. The van der Waals surface area contributed by atoms with Gasteiger partial charge in [0.15, 0.2) is 23.4 Å².